The van der Waals surface area contributed by atoms with Gasteiger partial charge in [-0.05, 0) is 36.2 Å². The summed E-state index contributed by atoms with van der Waals surface area (Å²) in [6.07, 6.45) is 2.66. The maximum absolute atomic E-state index is 13.2. The largest absolute Gasteiger partial charge is 0.469 e. The molecule has 136 valence electrons. The van der Waals surface area contributed by atoms with Crippen LogP contribution in [-0.2, 0) is 4.79 Å². The van der Waals surface area contributed by atoms with E-state index in [2.05, 4.69) is 15.4 Å². The highest BCUT2D eigenvalue weighted by atomic mass is 35.5. The average Bonchev–Trinajstić information content (AvgIpc) is 3.28. The standard InChI is InChI=1S/C19H16ClN5O2/c20-12-4-1-3-10(7-12)17-16-13(22-19-23-18(21)24-25(17)19)8-11(9-14(16)26)15-5-2-6-27-15/h1-7,11,17H,8-9H2,(H3,21,22,23,24)/t11-,17+/m0/s1. The van der Waals surface area contributed by atoms with Gasteiger partial charge in [0.15, 0.2) is 5.78 Å². The number of nitrogen functional groups attached to an aromatic ring is 1. The van der Waals surface area contributed by atoms with Crippen molar-refractivity contribution in [1.82, 2.24) is 14.8 Å². The number of nitrogens with zero attached hydrogens (tertiary/aromatic N) is 3. The summed E-state index contributed by atoms with van der Waals surface area (Å²) in [5.41, 5.74) is 8.21. The van der Waals surface area contributed by atoms with Gasteiger partial charge in [0, 0.05) is 28.6 Å². The Bertz CT molecular complexity index is 1070. The Balaban J connectivity index is 1.65. The molecule has 3 N–H and O–H groups in total. The molecular formula is C19H16ClN5O2. The second-order valence-electron chi connectivity index (χ2n) is 6.76. The van der Waals surface area contributed by atoms with Crippen LogP contribution in [0, 0.1) is 0 Å². The molecule has 0 saturated heterocycles. The molecule has 1 aromatic carbocycles. The highest BCUT2D eigenvalue weighted by Crippen LogP contribution is 2.44. The summed E-state index contributed by atoms with van der Waals surface area (Å²) < 4.78 is 7.19. The number of fused-ring (bicyclic) bond motifs is 1. The zero-order valence-corrected chi connectivity index (χ0v) is 15.0. The number of halogens is 1. The summed E-state index contributed by atoms with van der Waals surface area (Å²) >= 11 is 6.20. The van der Waals surface area contributed by atoms with Crippen LogP contribution >= 0.6 is 11.6 Å². The molecule has 0 amide bonds. The molecule has 5 rings (SSSR count). The number of ketones is 1. The summed E-state index contributed by atoms with van der Waals surface area (Å²) in [6.45, 7) is 0. The van der Waals surface area contributed by atoms with Crippen molar-refractivity contribution < 1.29 is 9.21 Å². The Morgan fingerprint density at radius 3 is 2.93 bits per heavy atom. The third-order valence-corrected chi connectivity index (χ3v) is 5.28. The molecule has 0 bridgehead atoms. The van der Waals surface area contributed by atoms with Crippen molar-refractivity contribution >= 4 is 29.3 Å². The molecule has 3 aromatic rings. The average molecular weight is 382 g/mol. The summed E-state index contributed by atoms with van der Waals surface area (Å²) in [4.78, 5) is 17.4. The molecule has 2 atom stereocenters. The molecular weight excluding hydrogens is 366 g/mol. The molecule has 0 unspecified atom stereocenters. The minimum Gasteiger partial charge on any atom is -0.469 e. The molecule has 8 heteroatoms. The van der Waals surface area contributed by atoms with Crippen LogP contribution in [0.3, 0.4) is 0 Å². The van der Waals surface area contributed by atoms with Gasteiger partial charge in [0.05, 0.1) is 6.26 Å². The number of furan rings is 1. The molecule has 1 aliphatic carbocycles. The van der Waals surface area contributed by atoms with Crippen LogP contribution < -0.4 is 11.1 Å². The molecule has 2 aromatic heterocycles. The van der Waals surface area contributed by atoms with E-state index in [0.717, 1.165) is 17.0 Å². The first-order valence-electron chi connectivity index (χ1n) is 8.64. The van der Waals surface area contributed by atoms with Gasteiger partial charge in [-0.3, -0.25) is 4.79 Å². The van der Waals surface area contributed by atoms with Crippen molar-refractivity contribution in [2.24, 2.45) is 0 Å². The van der Waals surface area contributed by atoms with E-state index >= 15 is 0 Å². The Labute approximate surface area is 159 Å². The van der Waals surface area contributed by atoms with Crippen molar-refractivity contribution in [1.29, 1.82) is 0 Å². The van der Waals surface area contributed by atoms with E-state index in [1.807, 2.05) is 30.3 Å². The van der Waals surface area contributed by atoms with E-state index in [4.69, 9.17) is 21.8 Å². The molecule has 1 aliphatic heterocycles. The number of hydrogen-bond acceptors (Lipinski definition) is 6. The predicted octanol–water partition coefficient (Wildman–Crippen LogP) is 3.52. The highest BCUT2D eigenvalue weighted by molar-refractivity contribution is 6.30. The van der Waals surface area contributed by atoms with Gasteiger partial charge in [0.25, 0.3) is 0 Å². The number of hydrogen-bond donors (Lipinski definition) is 2. The zero-order chi connectivity index (χ0) is 18.5. The lowest BCUT2D eigenvalue weighted by Gasteiger charge is -2.34. The minimum atomic E-state index is -0.412. The fourth-order valence-electron chi connectivity index (χ4n) is 3.94. The fourth-order valence-corrected chi connectivity index (χ4v) is 4.14. The normalized spacial score (nSPS) is 21.6. The lowest BCUT2D eigenvalue weighted by atomic mass is 9.79. The van der Waals surface area contributed by atoms with Crippen LogP contribution in [0.5, 0.6) is 0 Å². The Morgan fingerprint density at radius 1 is 1.26 bits per heavy atom. The SMILES string of the molecule is Nc1nc2n(n1)[C@H](c1cccc(Cl)c1)C1=C(C[C@H](c3ccco3)CC1=O)N2. The predicted molar refractivity (Wildman–Crippen MR) is 100 cm³/mol. The summed E-state index contributed by atoms with van der Waals surface area (Å²) in [5, 5.41) is 8.15. The van der Waals surface area contributed by atoms with E-state index in [9.17, 15) is 4.79 Å². The van der Waals surface area contributed by atoms with E-state index in [0.29, 0.717) is 29.4 Å². The lowest BCUT2D eigenvalue weighted by molar-refractivity contribution is -0.117. The maximum Gasteiger partial charge on any atom is 0.241 e. The number of carbonyl (C=O) groups is 1. The molecule has 3 heterocycles. The number of carbonyl (C=O) groups excluding carboxylic acids is 1. The van der Waals surface area contributed by atoms with Crippen LogP contribution in [0.15, 0.2) is 58.3 Å². The number of nitrogens with two attached hydrogens (primary N) is 1. The topological polar surface area (TPSA) is 99.0 Å². The Kier molecular flexibility index (Phi) is 3.58. The molecule has 0 radical (unpaired) electrons. The zero-order valence-electron chi connectivity index (χ0n) is 14.2. The maximum atomic E-state index is 13.2. The summed E-state index contributed by atoms with van der Waals surface area (Å²) in [7, 11) is 0. The molecule has 7 nitrogen and oxygen atoms in total. The number of anilines is 2. The van der Waals surface area contributed by atoms with Gasteiger partial charge in [-0.15, -0.1) is 5.10 Å². The van der Waals surface area contributed by atoms with Gasteiger partial charge in [-0.2, -0.15) is 4.98 Å². The number of benzene rings is 1. The van der Waals surface area contributed by atoms with Crippen molar-refractivity contribution in [2.45, 2.75) is 24.8 Å². The van der Waals surface area contributed by atoms with Crippen LogP contribution in [0.25, 0.3) is 0 Å². The van der Waals surface area contributed by atoms with Crippen LogP contribution in [0.2, 0.25) is 5.02 Å². The number of nitrogens with one attached hydrogen (secondary N) is 1. The number of aromatic nitrogens is 3. The third-order valence-electron chi connectivity index (χ3n) is 5.05. The highest BCUT2D eigenvalue weighted by Gasteiger charge is 2.40. The first-order valence-corrected chi connectivity index (χ1v) is 9.02. The van der Waals surface area contributed by atoms with Gasteiger partial charge in [-0.1, -0.05) is 23.7 Å². The van der Waals surface area contributed by atoms with Gasteiger partial charge in [0.2, 0.25) is 11.9 Å². The van der Waals surface area contributed by atoms with Gasteiger partial charge >= 0.3 is 0 Å². The summed E-state index contributed by atoms with van der Waals surface area (Å²) in [5.74, 6) is 1.52. The summed E-state index contributed by atoms with van der Waals surface area (Å²) in [6, 6.07) is 10.8. The number of allylic oxidation sites excluding steroid dienone is 2. The van der Waals surface area contributed by atoms with Crippen molar-refractivity contribution in [3.8, 4) is 0 Å². The first-order chi connectivity index (χ1) is 13.1. The van der Waals surface area contributed by atoms with E-state index in [1.54, 1.807) is 17.0 Å². The second-order valence-corrected chi connectivity index (χ2v) is 7.19. The Morgan fingerprint density at radius 2 is 2.15 bits per heavy atom. The third kappa shape index (κ3) is 2.62. The van der Waals surface area contributed by atoms with Gasteiger partial charge in [0.1, 0.15) is 11.8 Å². The molecule has 2 aliphatic rings. The Hall–Kier alpha value is -3.06. The lowest BCUT2D eigenvalue weighted by Crippen LogP contribution is -2.33. The van der Waals surface area contributed by atoms with E-state index in [1.165, 1.54) is 0 Å². The van der Waals surface area contributed by atoms with Crippen molar-refractivity contribution in [3.63, 3.8) is 0 Å². The van der Waals surface area contributed by atoms with E-state index < -0.39 is 6.04 Å². The molecule has 0 saturated carbocycles. The monoisotopic (exact) mass is 381 g/mol. The minimum absolute atomic E-state index is 0.00872. The second kappa shape index (κ2) is 5.99. The van der Waals surface area contributed by atoms with Gasteiger partial charge < -0.3 is 15.5 Å². The molecule has 0 spiro atoms. The van der Waals surface area contributed by atoms with E-state index in [-0.39, 0.29) is 17.6 Å². The van der Waals surface area contributed by atoms with Gasteiger partial charge in [-0.25, -0.2) is 4.68 Å². The van der Waals surface area contributed by atoms with Crippen molar-refractivity contribution in [3.05, 3.63) is 70.3 Å². The number of Topliss-reactive ketones (excluding diaryl/α,β-unsaturated/α-hetero) is 1. The van der Waals surface area contributed by atoms with Crippen LogP contribution in [-0.4, -0.2) is 20.5 Å². The quantitative estimate of drug-likeness (QED) is 0.704. The van der Waals surface area contributed by atoms with Crippen LogP contribution in [0.4, 0.5) is 11.9 Å². The fraction of sp³-hybridized carbons (Fsp3) is 0.211. The number of rotatable bonds is 2. The molecule has 0 fully saturated rings. The molecule has 27 heavy (non-hydrogen) atoms. The first kappa shape index (κ1) is 16.1. The van der Waals surface area contributed by atoms with Crippen molar-refractivity contribution in [2.75, 3.05) is 11.1 Å². The smallest absolute Gasteiger partial charge is 0.241 e. The van der Waals surface area contributed by atoms with Crippen LogP contribution in [0.1, 0.15) is 36.1 Å².